The molecule has 1 aliphatic rings. The number of H-pyrrole nitrogens is 1. The molecule has 1 aliphatic carbocycles. The van der Waals surface area contributed by atoms with Gasteiger partial charge < -0.3 is 15.4 Å². The Hall–Kier alpha value is -2.34. The number of aromatic carboxylic acids is 1. The molecule has 3 N–H and O–H groups in total. The number of aryl methyl sites for hydroxylation is 1. The summed E-state index contributed by atoms with van der Waals surface area (Å²) in [4.78, 5) is 30.5. The van der Waals surface area contributed by atoms with Gasteiger partial charge in [0.2, 0.25) is 0 Å². The Labute approximate surface area is 157 Å². The zero-order valence-electron chi connectivity index (χ0n) is 14.6. The summed E-state index contributed by atoms with van der Waals surface area (Å²) < 4.78 is 0. The third-order valence-corrected chi connectivity index (χ3v) is 5.28. The number of nitrogens with zero attached hydrogens (tertiary/aromatic N) is 1. The number of hydrogen-bond acceptors (Lipinski definition) is 3. The molecule has 0 saturated heterocycles. The molecule has 1 heterocycles. The molecular formula is C19H22ClN3O3. The Morgan fingerprint density at radius 2 is 2.04 bits per heavy atom. The van der Waals surface area contributed by atoms with Crippen molar-refractivity contribution in [3.63, 3.8) is 0 Å². The van der Waals surface area contributed by atoms with E-state index in [4.69, 9.17) is 16.7 Å². The minimum atomic E-state index is -0.906. The van der Waals surface area contributed by atoms with E-state index in [2.05, 4.69) is 15.3 Å². The highest BCUT2D eigenvalue weighted by atomic mass is 35.5. The van der Waals surface area contributed by atoms with Gasteiger partial charge in [-0.05, 0) is 55.7 Å². The van der Waals surface area contributed by atoms with E-state index in [9.17, 15) is 9.59 Å². The van der Waals surface area contributed by atoms with Gasteiger partial charge in [-0.15, -0.1) is 0 Å². The average Bonchev–Trinajstić information content (AvgIpc) is 3.03. The van der Waals surface area contributed by atoms with Crippen molar-refractivity contribution in [2.75, 3.05) is 0 Å². The van der Waals surface area contributed by atoms with Gasteiger partial charge in [0, 0.05) is 6.04 Å². The van der Waals surface area contributed by atoms with Crippen LogP contribution >= 0.6 is 11.6 Å². The molecule has 6 nitrogen and oxygen atoms in total. The molecule has 0 radical (unpaired) electrons. The molecule has 1 fully saturated rings. The highest BCUT2D eigenvalue weighted by molar-refractivity contribution is 6.30. The molecule has 7 heteroatoms. The second-order valence-corrected chi connectivity index (χ2v) is 7.02. The van der Waals surface area contributed by atoms with E-state index < -0.39 is 5.97 Å². The maximum atomic E-state index is 12.3. The number of carboxylic acid groups (broad SMARTS) is 1. The number of aromatic nitrogens is 2. The molecule has 1 saturated carbocycles. The fourth-order valence-electron chi connectivity index (χ4n) is 3.48. The molecule has 1 amide bonds. The van der Waals surface area contributed by atoms with Gasteiger partial charge in [-0.3, -0.25) is 4.79 Å². The first-order valence-corrected chi connectivity index (χ1v) is 9.24. The number of imidazole rings is 1. The van der Waals surface area contributed by atoms with E-state index in [1.807, 2.05) is 13.0 Å². The fraction of sp³-hybridized carbons (Fsp3) is 0.421. The van der Waals surface area contributed by atoms with Crippen molar-refractivity contribution in [2.24, 2.45) is 0 Å². The molecule has 3 rings (SSSR count). The zero-order valence-corrected chi connectivity index (χ0v) is 15.3. The highest BCUT2D eigenvalue weighted by Crippen LogP contribution is 2.33. The second kappa shape index (κ2) is 7.91. The van der Waals surface area contributed by atoms with E-state index in [1.54, 1.807) is 18.2 Å². The van der Waals surface area contributed by atoms with Crippen LogP contribution in [-0.4, -0.2) is 33.0 Å². The van der Waals surface area contributed by atoms with Gasteiger partial charge in [-0.1, -0.05) is 30.7 Å². The Kier molecular flexibility index (Phi) is 5.61. The predicted molar refractivity (Wildman–Crippen MR) is 98.8 cm³/mol. The van der Waals surface area contributed by atoms with Crippen LogP contribution in [0.2, 0.25) is 5.15 Å². The molecule has 0 unspecified atom stereocenters. The van der Waals surface area contributed by atoms with Gasteiger partial charge in [0.05, 0.1) is 11.3 Å². The maximum absolute atomic E-state index is 12.3. The number of carbonyl (C=O) groups is 2. The van der Waals surface area contributed by atoms with Gasteiger partial charge >= 0.3 is 5.97 Å². The maximum Gasteiger partial charge on any atom is 0.335 e. The van der Waals surface area contributed by atoms with Crippen molar-refractivity contribution in [2.45, 2.75) is 51.0 Å². The van der Waals surface area contributed by atoms with Crippen LogP contribution in [0.3, 0.4) is 0 Å². The summed E-state index contributed by atoms with van der Waals surface area (Å²) in [7, 11) is 0. The number of rotatable bonds is 5. The van der Waals surface area contributed by atoms with Gasteiger partial charge in [-0.2, -0.15) is 0 Å². The van der Waals surface area contributed by atoms with Crippen LogP contribution < -0.4 is 5.32 Å². The topological polar surface area (TPSA) is 95.1 Å². The van der Waals surface area contributed by atoms with Crippen LogP contribution in [0.1, 0.15) is 70.8 Å². The minimum absolute atomic E-state index is 0.0929. The van der Waals surface area contributed by atoms with Crippen LogP contribution in [0.25, 0.3) is 0 Å². The van der Waals surface area contributed by atoms with E-state index in [0.29, 0.717) is 23.1 Å². The first-order chi connectivity index (χ1) is 12.5. The average molecular weight is 376 g/mol. The smallest absolute Gasteiger partial charge is 0.335 e. The zero-order chi connectivity index (χ0) is 18.7. The van der Waals surface area contributed by atoms with Crippen molar-refractivity contribution in [3.8, 4) is 0 Å². The lowest BCUT2D eigenvalue weighted by molar-refractivity contribution is 0.0696. The minimum Gasteiger partial charge on any atom is -0.478 e. The molecule has 0 aliphatic heterocycles. The highest BCUT2D eigenvalue weighted by Gasteiger charge is 2.25. The van der Waals surface area contributed by atoms with Crippen molar-refractivity contribution in [1.29, 1.82) is 0 Å². The summed E-state index contributed by atoms with van der Waals surface area (Å²) in [5.41, 5.74) is 2.14. The third kappa shape index (κ3) is 4.07. The Balaban J connectivity index is 1.57. The molecule has 26 heavy (non-hydrogen) atoms. The lowest BCUT2D eigenvalue weighted by Crippen LogP contribution is -2.37. The summed E-state index contributed by atoms with van der Waals surface area (Å²) in [6.45, 7) is 1.95. The summed E-state index contributed by atoms with van der Waals surface area (Å²) >= 11 is 5.99. The summed E-state index contributed by atoms with van der Waals surface area (Å²) in [6.07, 6.45) is 4.21. The van der Waals surface area contributed by atoms with Crippen LogP contribution in [-0.2, 0) is 6.42 Å². The number of hydrogen-bond donors (Lipinski definition) is 3. The van der Waals surface area contributed by atoms with Crippen LogP contribution in [0.5, 0.6) is 0 Å². The molecule has 1 aromatic heterocycles. The molecule has 2 aromatic rings. The first kappa shape index (κ1) is 18.5. The monoisotopic (exact) mass is 375 g/mol. The van der Waals surface area contributed by atoms with E-state index in [1.165, 1.54) is 0 Å². The predicted octanol–water partition coefficient (Wildman–Crippen LogP) is 3.78. The summed E-state index contributed by atoms with van der Waals surface area (Å²) in [6, 6.07) is 7.22. The Morgan fingerprint density at radius 1 is 1.31 bits per heavy atom. The Bertz CT molecular complexity index is 810. The molecule has 1 aromatic carbocycles. The summed E-state index contributed by atoms with van der Waals surface area (Å²) in [5, 5.41) is 12.5. The molecule has 0 atom stereocenters. The normalized spacial score (nSPS) is 19.9. The number of halogens is 1. The molecule has 0 spiro atoms. The van der Waals surface area contributed by atoms with E-state index in [-0.39, 0.29) is 17.8 Å². The number of carbonyl (C=O) groups excluding carboxylic acids is 1. The van der Waals surface area contributed by atoms with E-state index in [0.717, 1.165) is 36.9 Å². The first-order valence-electron chi connectivity index (χ1n) is 8.86. The number of amides is 1. The number of benzene rings is 1. The van der Waals surface area contributed by atoms with Crippen molar-refractivity contribution < 1.29 is 14.7 Å². The number of carboxylic acids is 1. The molecule has 138 valence electrons. The van der Waals surface area contributed by atoms with Gasteiger partial charge in [-0.25, -0.2) is 9.78 Å². The Morgan fingerprint density at radius 3 is 2.65 bits per heavy atom. The number of aromatic amines is 1. The van der Waals surface area contributed by atoms with Crippen molar-refractivity contribution >= 4 is 23.5 Å². The van der Waals surface area contributed by atoms with E-state index >= 15 is 0 Å². The van der Waals surface area contributed by atoms with Gasteiger partial charge in [0.25, 0.3) is 5.91 Å². The standard InChI is InChI=1S/C19H22ClN3O3/c1-2-15-16(20)23-17(22-15)18(24)21-14-8-6-11(7-9-14)12-4-3-5-13(10-12)19(25)26/h3-5,10-11,14H,2,6-9H2,1H3,(H,21,24)(H,22,23)(H,25,26). The van der Waals surface area contributed by atoms with Gasteiger partial charge in [0.15, 0.2) is 11.0 Å². The lowest BCUT2D eigenvalue weighted by atomic mass is 9.81. The number of nitrogens with one attached hydrogen (secondary N) is 2. The molecular weight excluding hydrogens is 354 g/mol. The van der Waals surface area contributed by atoms with Crippen LogP contribution in [0.15, 0.2) is 24.3 Å². The van der Waals surface area contributed by atoms with Crippen molar-refractivity contribution in [1.82, 2.24) is 15.3 Å². The summed E-state index contributed by atoms with van der Waals surface area (Å²) in [5.74, 6) is -0.561. The quantitative estimate of drug-likeness (QED) is 0.741. The van der Waals surface area contributed by atoms with Crippen molar-refractivity contribution in [3.05, 3.63) is 52.1 Å². The lowest BCUT2D eigenvalue weighted by Gasteiger charge is -2.29. The van der Waals surface area contributed by atoms with Crippen LogP contribution in [0.4, 0.5) is 0 Å². The largest absolute Gasteiger partial charge is 0.478 e. The van der Waals surface area contributed by atoms with Gasteiger partial charge in [0.1, 0.15) is 0 Å². The van der Waals surface area contributed by atoms with Crippen LogP contribution in [0, 0.1) is 0 Å². The SMILES string of the molecule is CCc1[nH]c(C(=O)NC2CCC(c3cccc(C(=O)O)c3)CC2)nc1Cl. The molecule has 0 bridgehead atoms. The fourth-order valence-corrected chi connectivity index (χ4v) is 3.75. The second-order valence-electron chi connectivity index (χ2n) is 6.66. The third-order valence-electron chi connectivity index (χ3n) is 4.96.